The third-order valence-electron chi connectivity index (χ3n) is 5.30. The van der Waals surface area contributed by atoms with Crippen molar-refractivity contribution in [2.24, 2.45) is 0 Å². The predicted octanol–water partition coefficient (Wildman–Crippen LogP) is 3.27. The van der Waals surface area contributed by atoms with Crippen molar-refractivity contribution in [2.45, 2.75) is 50.5 Å². The Morgan fingerprint density at radius 2 is 1.36 bits per heavy atom. The molecule has 25 heavy (non-hydrogen) atoms. The second-order valence-electron chi connectivity index (χ2n) is 7.37. The Hall–Kier alpha value is -1.11. The largest absolute Gasteiger partial charge is 0.401 e. The van der Waals surface area contributed by atoms with E-state index in [0.717, 1.165) is 45.3 Å². The first-order valence-corrected chi connectivity index (χ1v) is 9.29. The van der Waals surface area contributed by atoms with E-state index >= 15 is 0 Å². The first-order chi connectivity index (χ1) is 12.0. The monoisotopic (exact) mass is 355 g/mol. The quantitative estimate of drug-likeness (QED) is 0.875. The molecule has 0 spiro atoms. The second-order valence-corrected chi connectivity index (χ2v) is 7.37. The minimum atomic E-state index is -4.08. The topological polar surface area (TPSA) is 18.5 Å². The summed E-state index contributed by atoms with van der Waals surface area (Å²) in [6.45, 7) is 3.49. The molecule has 0 radical (unpaired) electrons. The summed E-state index contributed by atoms with van der Waals surface area (Å²) in [4.78, 5) is 4.01. The summed E-state index contributed by atoms with van der Waals surface area (Å²) in [5.41, 5.74) is 1.35. The molecule has 1 N–H and O–H groups in total. The maximum Gasteiger partial charge on any atom is 0.401 e. The molecule has 2 fully saturated rings. The molecule has 1 aromatic carbocycles. The second kappa shape index (κ2) is 8.52. The van der Waals surface area contributed by atoms with Crippen molar-refractivity contribution in [3.05, 3.63) is 35.9 Å². The lowest BCUT2D eigenvalue weighted by Crippen LogP contribution is -2.50. The van der Waals surface area contributed by atoms with Crippen LogP contribution in [0, 0.1) is 0 Å². The average molecular weight is 355 g/mol. The van der Waals surface area contributed by atoms with Gasteiger partial charge in [-0.3, -0.25) is 9.80 Å². The van der Waals surface area contributed by atoms with Crippen molar-refractivity contribution >= 4 is 0 Å². The molecule has 0 atom stereocenters. The number of alkyl halides is 3. The molecule has 3 rings (SSSR count). The average Bonchev–Trinajstić information content (AvgIpc) is 2.58. The smallest absolute Gasteiger partial charge is 0.311 e. The van der Waals surface area contributed by atoms with Crippen molar-refractivity contribution in [3.8, 4) is 0 Å². The lowest BCUT2D eigenvalue weighted by atomic mass is 9.99. The number of nitrogens with zero attached hydrogens (tertiary/aromatic N) is 2. The van der Waals surface area contributed by atoms with Gasteiger partial charge in [-0.1, -0.05) is 30.3 Å². The number of halogens is 3. The van der Waals surface area contributed by atoms with Gasteiger partial charge in [-0.15, -0.1) is 0 Å². The van der Waals surface area contributed by atoms with Crippen molar-refractivity contribution in [1.82, 2.24) is 15.1 Å². The van der Waals surface area contributed by atoms with Crippen LogP contribution < -0.4 is 5.32 Å². The summed E-state index contributed by atoms with van der Waals surface area (Å²) in [5.74, 6) is 0. The van der Waals surface area contributed by atoms with Crippen LogP contribution in [0.25, 0.3) is 0 Å². The van der Waals surface area contributed by atoms with Crippen LogP contribution in [-0.2, 0) is 6.54 Å². The standard InChI is InChI=1S/C19H28F3N3/c20-19(21,22)15-25-12-8-18(9-13-25)23-17-6-10-24(11-7-17)14-16-4-2-1-3-5-16/h1-5,17-18,23H,6-15H2. The molecular weight excluding hydrogens is 327 g/mol. The predicted molar refractivity (Wildman–Crippen MR) is 93.4 cm³/mol. The maximum atomic E-state index is 12.4. The van der Waals surface area contributed by atoms with Crippen LogP contribution in [0.2, 0.25) is 0 Å². The van der Waals surface area contributed by atoms with E-state index in [1.165, 1.54) is 10.5 Å². The fraction of sp³-hybridized carbons (Fsp3) is 0.684. The Morgan fingerprint density at radius 3 is 1.88 bits per heavy atom. The van der Waals surface area contributed by atoms with Gasteiger partial charge in [-0.25, -0.2) is 0 Å². The van der Waals surface area contributed by atoms with E-state index in [1.807, 2.05) is 6.07 Å². The minimum Gasteiger partial charge on any atom is -0.311 e. The van der Waals surface area contributed by atoms with Gasteiger partial charge in [0.15, 0.2) is 0 Å². The van der Waals surface area contributed by atoms with Gasteiger partial charge in [-0.05, 0) is 57.4 Å². The van der Waals surface area contributed by atoms with Crippen molar-refractivity contribution in [2.75, 3.05) is 32.7 Å². The first-order valence-electron chi connectivity index (χ1n) is 9.29. The highest BCUT2D eigenvalue weighted by atomic mass is 19.4. The molecule has 0 aromatic heterocycles. The molecule has 2 aliphatic heterocycles. The number of rotatable bonds is 5. The van der Waals surface area contributed by atoms with E-state index in [-0.39, 0.29) is 0 Å². The highest BCUT2D eigenvalue weighted by Crippen LogP contribution is 2.21. The summed E-state index contributed by atoms with van der Waals surface area (Å²) < 4.78 is 37.3. The van der Waals surface area contributed by atoms with E-state index in [2.05, 4.69) is 34.5 Å². The van der Waals surface area contributed by atoms with Gasteiger partial charge in [0, 0.05) is 18.6 Å². The van der Waals surface area contributed by atoms with E-state index in [9.17, 15) is 13.2 Å². The Balaban J connectivity index is 1.34. The number of likely N-dealkylation sites (tertiary alicyclic amines) is 2. The summed E-state index contributed by atoms with van der Waals surface area (Å²) in [5, 5.41) is 3.69. The zero-order valence-corrected chi connectivity index (χ0v) is 14.6. The maximum absolute atomic E-state index is 12.4. The lowest BCUT2D eigenvalue weighted by Gasteiger charge is -2.38. The van der Waals surface area contributed by atoms with Crippen LogP contribution >= 0.6 is 0 Å². The molecule has 0 amide bonds. The highest BCUT2D eigenvalue weighted by molar-refractivity contribution is 5.14. The van der Waals surface area contributed by atoms with Crippen molar-refractivity contribution < 1.29 is 13.2 Å². The fourth-order valence-electron chi connectivity index (χ4n) is 3.94. The van der Waals surface area contributed by atoms with Gasteiger partial charge in [0.1, 0.15) is 0 Å². The molecule has 0 bridgehead atoms. The van der Waals surface area contributed by atoms with Crippen LogP contribution in [0.5, 0.6) is 0 Å². The molecule has 140 valence electrons. The van der Waals surface area contributed by atoms with Crippen LogP contribution in [-0.4, -0.2) is 60.8 Å². The number of hydrogen-bond acceptors (Lipinski definition) is 3. The molecule has 1 aromatic rings. The molecule has 6 heteroatoms. The molecule has 3 nitrogen and oxygen atoms in total. The summed E-state index contributed by atoms with van der Waals surface area (Å²) >= 11 is 0. The van der Waals surface area contributed by atoms with Crippen LogP contribution in [0.4, 0.5) is 13.2 Å². The Bertz CT molecular complexity index is 504. The van der Waals surface area contributed by atoms with Gasteiger partial charge >= 0.3 is 6.18 Å². The van der Waals surface area contributed by atoms with Crippen LogP contribution in [0.3, 0.4) is 0 Å². The van der Waals surface area contributed by atoms with Gasteiger partial charge < -0.3 is 5.32 Å². The number of nitrogens with one attached hydrogen (secondary N) is 1. The zero-order valence-electron chi connectivity index (χ0n) is 14.6. The normalized spacial score (nSPS) is 22.4. The highest BCUT2D eigenvalue weighted by Gasteiger charge is 2.33. The minimum absolute atomic E-state index is 0.371. The van der Waals surface area contributed by atoms with Crippen LogP contribution in [0.1, 0.15) is 31.2 Å². The van der Waals surface area contributed by atoms with E-state index in [0.29, 0.717) is 25.2 Å². The van der Waals surface area contributed by atoms with Gasteiger partial charge in [0.25, 0.3) is 0 Å². The fourth-order valence-corrected chi connectivity index (χ4v) is 3.94. The third kappa shape index (κ3) is 6.28. The molecule has 0 unspecified atom stereocenters. The van der Waals surface area contributed by atoms with E-state index < -0.39 is 12.7 Å². The molecule has 0 aliphatic carbocycles. The third-order valence-corrected chi connectivity index (χ3v) is 5.30. The number of benzene rings is 1. The SMILES string of the molecule is FC(F)(F)CN1CCC(NC2CCN(Cc3ccccc3)CC2)CC1. The summed E-state index contributed by atoms with van der Waals surface area (Å²) in [6.07, 6.45) is -0.197. The lowest BCUT2D eigenvalue weighted by molar-refractivity contribution is -0.148. The summed E-state index contributed by atoms with van der Waals surface area (Å²) in [7, 11) is 0. The molecular formula is C19H28F3N3. The first kappa shape index (κ1) is 18.7. The van der Waals surface area contributed by atoms with Gasteiger partial charge in [0.05, 0.1) is 6.54 Å². The van der Waals surface area contributed by atoms with Crippen molar-refractivity contribution in [1.29, 1.82) is 0 Å². The molecule has 0 saturated carbocycles. The number of hydrogen-bond donors (Lipinski definition) is 1. The van der Waals surface area contributed by atoms with Gasteiger partial charge in [-0.2, -0.15) is 13.2 Å². The molecule has 2 heterocycles. The zero-order chi connectivity index (χ0) is 17.7. The molecule has 2 saturated heterocycles. The Kier molecular flexibility index (Phi) is 6.36. The number of piperidine rings is 2. The Morgan fingerprint density at radius 1 is 0.840 bits per heavy atom. The van der Waals surface area contributed by atoms with E-state index in [1.54, 1.807) is 0 Å². The van der Waals surface area contributed by atoms with Crippen LogP contribution in [0.15, 0.2) is 30.3 Å². The van der Waals surface area contributed by atoms with Crippen molar-refractivity contribution in [3.63, 3.8) is 0 Å². The molecule has 2 aliphatic rings. The summed E-state index contributed by atoms with van der Waals surface area (Å²) in [6, 6.07) is 11.4. The van der Waals surface area contributed by atoms with E-state index in [4.69, 9.17) is 0 Å². The van der Waals surface area contributed by atoms with Gasteiger partial charge in [0.2, 0.25) is 0 Å². The Labute approximate surface area is 148 Å².